The molecule has 0 radical (unpaired) electrons. The molecular formula is C15H20ClN3O3S. The first-order valence-electron chi connectivity index (χ1n) is 7.75. The first kappa shape index (κ1) is 16.7. The lowest BCUT2D eigenvalue weighted by molar-refractivity contribution is -0.138. The van der Waals surface area contributed by atoms with Gasteiger partial charge in [0, 0.05) is 24.7 Å². The van der Waals surface area contributed by atoms with E-state index in [2.05, 4.69) is 4.72 Å². The Bertz CT molecular complexity index is 723. The zero-order valence-electron chi connectivity index (χ0n) is 13.0. The molecule has 0 spiro atoms. The van der Waals surface area contributed by atoms with Crippen molar-refractivity contribution in [3.05, 3.63) is 34.3 Å². The van der Waals surface area contributed by atoms with E-state index in [1.807, 2.05) is 25.1 Å². The van der Waals surface area contributed by atoms with Crippen LogP contribution in [0.3, 0.4) is 0 Å². The predicted molar refractivity (Wildman–Crippen MR) is 88.4 cm³/mol. The fourth-order valence-electron chi connectivity index (χ4n) is 3.17. The van der Waals surface area contributed by atoms with Crippen LogP contribution in [-0.4, -0.2) is 49.7 Å². The van der Waals surface area contributed by atoms with Crippen LogP contribution in [0.4, 0.5) is 0 Å². The molecule has 0 saturated carbocycles. The zero-order valence-corrected chi connectivity index (χ0v) is 14.5. The monoisotopic (exact) mass is 357 g/mol. The molecule has 3 rings (SSSR count). The number of nitrogens with one attached hydrogen (secondary N) is 1. The third-order valence-corrected chi connectivity index (χ3v) is 6.11. The quantitative estimate of drug-likeness (QED) is 0.883. The predicted octanol–water partition coefficient (Wildman–Crippen LogP) is 1.33. The summed E-state index contributed by atoms with van der Waals surface area (Å²) in [5, 5.41) is 0.599. The summed E-state index contributed by atoms with van der Waals surface area (Å²) in [4.78, 5) is 14.2. The van der Waals surface area contributed by atoms with E-state index in [0.717, 1.165) is 17.5 Å². The van der Waals surface area contributed by atoms with Gasteiger partial charge in [0.25, 0.3) is 10.2 Å². The van der Waals surface area contributed by atoms with Gasteiger partial charge in [-0.3, -0.25) is 4.79 Å². The van der Waals surface area contributed by atoms with Crippen molar-refractivity contribution in [2.75, 3.05) is 26.2 Å². The van der Waals surface area contributed by atoms with Crippen molar-refractivity contribution >= 4 is 27.7 Å². The number of halogens is 1. The number of carbonyl (C=O) groups excluding carboxylic acids is 1. The molecule has 1 atom stereocenters. The van der Waals surface area contributed by atoms with E-state index in [1.54, 1.807) is 4.90 Å². The number of carbonyl (C=O) groups is 1. The highest BCUT2D eigenvalue weighted by atomic mass is 35.5. The van der Waals surface area contributed by atoms with Crippen LogP contribution in [0.2, 0.25) is 5.02 Å². The van der Waals surface area contributed by atoms with Crippen LogP contribution in [0.5, 0.6) is 0 Å². The van der Waals surface area contributed by atoms with Crippen molar-refractivity contribution in [1.29, 1.82) is 0 Å². The average Bonchev–Trinajstić information content (AvgIpc) is 2.52. The number of nitrogens with zero attached hydrogens (tertiary/aromatic N) is 2. The van der Waals surface area contributed by atoms with Crippen LogP contribution in [0.15, 0.2) is 18.2 Å². The molecule has 8 heteroatoms. The van der Waals surface area contributed by atoms with Crippen molar-refractivity contribution < 1.29 is 13.2 Å². The van der Waals surface area contributed by atoms with E-state index in [1.165, 1.54) is 4.31 Å². The molecule has 1 aromatic carbocycles. The Morgan fingerprint density at radius 1 is 1.39 bits per heavy atom. The van der Waals surface area contributed by atoms with Crippen molar-refractivity contribution in [2.45, 2.75) is 25.8 Å². The summed E-state index contributed by atoms with van der Waals surface area (Å²) in [6.07, 6.45) is 1.48. The molecule has 0 aromatic heterocycles. The second kappa shape index (κ2) is 6.39. The van der Waals surface area contributed by atoms with Gasteiger partial charge < -0.3 is 4.90 Å². The lowest BCUT2D eigenvalue weighted by Crippen LogP contribution is -2.57. The molecule has 0 bridgehead atoms. The van der Waals surface area contributed by atoms with E-state index < -0.39 is 10.2 Å². The molecule has 1 saturated heterocycles. The maximum Gasteiger partial charge on any atom is 0.280 e. The molecule has 1 amide bonds. The van der Waals surface area contributed by atoms with Crippen molar-refractivity contribution in [2.24, 2.45) is 0 Å². The van der Waals surface area contributed by atoms with Crippen molar-refractivity contribution in [3.63, 3.8) is 0 Å². The Morgan fingerprint density at radius 3 is 2.91 bits per heavy atom. The highest BCUT2D eigenvalue weighted by molar-refractivity contribution is 7.87. The standard InChI is InChI=1S/C15H20ClN3O3S/c1-2-6-17-23(21,22)18-9-14-13-8-12(16)4-3-11(13)5-7-19(14)15(20)10-18/h3-4,8,14,17H,2,5-7,9-10H2,1H3. The minimum Gasteiger partial charge on any atom is -0.333 e. The maximum absolute atomic E-state index is 12.4. The number of hydrogen-bond donors (Lipinski definition) is 1. The van der Waals surface area contributed by atoms with Gasteiger partial charge in [0.1, 0.15) is 0 Å². The van der Waals surface area contributed by atoms with Crippen LogP contribution >= 0.6 is 11.6 Å². The Labute approximate surface area is 141 Å². The maximum atomic E-state index is 12.4. The third-order valence-electron chi connectivity index (χ3n) is 4.35. The van der Waals surface area contributed by atoms with E-state index in [4.69, 9.17) is 11.6 Å². The van der Waals surface area contributed by atoms with Crippen LogP contribution in [0.1, 0.15) is 30.5 Å². The highest BCUT2D eigenvalue weighted by Gasteiger charge is 2.40. The number of benzene rings is 1. The van der Waals surface area contributed by atoms with Gasteiger partial charge >= 0.3 is 0 Å². The van der Waals surface area contributed by atoms with Gasteiger partial charge in [-0.15, -0.1) is 0 Å². The minimum absolute atomic E-state index is 0.106. The number of hydrogen-bond acceptors (Lipinski definition) is 3. The summed E-state index contributed by atoms with van der Waals surface area (Å²) < 4.78 is 28.5. The number of piperazine rings is 1. The van der Waals surface area contributed by atoms with Gasteiger partial charge in [-0.2, -0.15) is 12.7 Å². The summed E-state index contributed by atoms with van der Waals surface area (Å²) >= 11 is 6.09. The van der Waals surface area contributed by atoms with Gasteiger partial charge in [0.05, 0.1) is 12.6 Å². The molecule has 1 N–H and O–H groups in total. The Morgan fingerprint density at radius 2 is 2.17 bits per heavy atom. The normalized spacial score (nSPS) is 21.9. The van der Waals surface area contributed by atoms with Gasteiger partial charge in [0.15, 0.2) is 0 Å². The topological polar surface area (TPSA) is 69.7 Å². The van der Waals surface area contributed by atoms with E-state index in [0.29, 0.717) is 24.5 Å². The molecule has 23 heavy (non-hydrogen) atoms. The molecule has 1 aromatic rings. The van der Waals surface area contributed by atoms with Crippen LogP contribution in [0.25, 0.3) is 0 Å². The molecular weight excluding hydrogens is 338 g/mol. The van der Waals surface area contributed by atoms with Crippen molar-refractivity contribution in [3.8, 4) is 0 Å². The largest absolute Gasteiger partial charge is 0.333 e. The van der Waals surface area contributed by atoms with Gasteiger partial charge in [-0.05, 0) is 36.1 Å². The van der Waals surface area contributed by atoms with Crippen LogP contribution in [0, 0.1) is 0 Å². The molecule has 126 valence electrons. The minimum atomic E-state index is -3.64. The Balaban J connectivity index is 1.91. The Kier molecular flexibility index (Phi) is 4.64. The van der Waals surface area contributed by atoms with E-state index in [9.17, 15) is 13.2 Å². The Hall–Kier alpha value is -1.15. The molecule has 0 aliphatic carbocycles. The van der Waals surface area contributed by atoms with E-state index in [-0.39, 0.29) is 25.0 Å². The fraction of sp³-hybridized carbons (Fsp3) is 0.533. The molecule has 2 aliphatic rings. The molecule has 1 unspecified atom stereocenters. The number of fused-ring (bicyclic) bond motifs is 3. The zero-order chi connectivity index (χ0) is 16.6. The van der Waals surface area contributed by atoms with Gasteiger partial charge in [0.2, 0.25) is 5.91 Å². The fourth-order valence-corrected chi connectivity index (χ4v) is 4.61. The summed E-state index contributed by atoms with van der Waals surface area (Å²) in [6, 6.07) is 5.37. The average molecular weight is 358 g/mol. The van der Waals surface area contributed by atoms with Crippen LogP contribution < -0.4 is 4.72 Å². The second-order valence-corrected chi connectivity index (χ2v) is 8.08. The molecule has 2 heterocycles. The van der Waals surface area contributed by atoms with Crippen molar-refractivity contribution in [1.82, 2.24) is 13.9 Å². The SMILES string of the molecule is CCCNS(=O)(=O)N1CC(=O)N2CCc3ccc(Cl)cc3C2C1. The number of amides is 1. The molecule has 2 aliphatic heterocycles. The van der Waals surface area contributed by atoms with Gasteiger partial charge in [-0.1, -0.05) is 24.6 Å². The van der Waals surface area contributed by atoms with Crippen LogP contribution in [-0.2, 0) is 21.4 Å². The lowest BCUT2D eigenvalue weighted by atomic mass is 9.91. The molecule has 1 fully saturated rings. The summed E-state index contributed by atoms with van der Waals surface area (Å²) in [6.45, 7) is 3.03. The lowest BCUT2D eigenvalue weighted by Gasteiger charge is -2.44. The van der Waals surface area contributed by atoms with Gasteiger partial charge in [-0.25, -0.2) is 4.72 Å². The summed E-state index contributed by atoms with van der Waals surface area (Å²) in [5.41, 5.74) is 2.08. The first-order valence-corrected chi connectivity index (χ1v) is 9.56. The molecule has 6 nitrogen and oxygen atoms in total. The third kappa shape index (κ3) is 3.24. The summed E-state index contributed by atoms with van der Waals surface area (Å²) in [5.74, 6) is -0.159. The smallest absolute Gasteiger partial charge is 0.280 e. The first-order chi connectivity index (χ1) is 10.9. The highest BCUT2D eigenvalue weighted by Crippen LogP contribution is 2.35. The second-order valence-electron chi connectivity index (χ2n) is 5.89. The summed E-state index contributed by atoms with van der Waals surface area (Å²) in [7, 11) is -3.64. The number of rotatable bonds is 4. The van der Waals surface area contributed by atoms with E-state index >= 15 is 0 Å².